The summed E-state index contributed by atoms with van der Waals surface area (Å²) in [4.78, 5) is 15.1. The van der Waals surface area contributed by atoms with Crippen molar-refractivity contribution < 1.29 is 14.3 Å². The zero-order chi connectivity index (χ0) is 23.7. The van der Waals surface area contributed by atoms with E-state index in [1.807, 2.05) is 31.2 Å². The Morgan fingerprint density at radius 1 is 0.853 bits per heavy atom. The van der Waals surface area contributed by atoms with Crippen LogP contribution in [0.4, 0.5) is 5.69 Å². The minimum atomic E-state index is -0.303. The van der Waals surface area contributed by atoms with E-state index in [-0.39, 0.29) is 5.97 Å². The van der Waals surface area contributed by atoms with E-state index in [1.165, 1.54) is 16.3 Å². The highest BCUT2D eigenvalue weighted by atomic mass is 16.5. The van der Waals surface area contributed by atoms with Crippen molar-refractivity contribution >= 4 is 22.4 Å². The quantitative estimate of drug-likeness (QED) is 0.255. The van der Waals surface area contributed by atoms with Crippen molar-refractivity contribution in [2.45, 2.75) is 27.2 Å². The first-order chi connectivity index (χ1) is 16.7. The van der Waals surface area contributed by atoms with Gasteiger partial charge in [0.1, 0.15) is 5.75 Å². The molecule has 5 rings (SSSR count). The monoisotopic (exact) mass is 451 g/mol. The Morgan fingerprint density at radius 3 is 2.41 bits per heavy atom. The summed E-state index contributed by atoms with van der Waals surface area (Å²) < 4.78 is 12.0. The van der Waals surface area contributed by atoms with Crippen LogP contribution in [0.25, 0.3) is 21.9 Å². The van der Waals surface area contributed by atoms with Crippen molar-refractivity contribution in [1.82, 2.24) is 0 Å². The first kappa shape index (κ1) is 22.0. The summed E-state index contributed by atoms with van der Waals surface area (Å²) in [6, 6.07) is 24.6. The molecule has 0 unspecified atom stereocenters. The van der Waals surface area contributed by atoms with Crippen LogP contribution in [-0.2, 0) is 11.2 Å². The van der Waals surface area contributed by atoms with Crippen LogP contribution in [0.1, 0.15) is 42.3 Å². The number of carbonyl (C=O) groups is 1. The third kappa shape index (κ3) is 3.69. The molecule has 0 N–H and O–H groups in total. The van der Waals surface area contributed by atoms with Gasteiger partial charge in [-0.2, -0.15) is 0 Å². The lowest BCUT2D eigenvalue weighted by Crippen LogP contribution is -2.23. The molecule has 0 bridgehead atoms. The Kier molecular flexibility index (Phi) is 5.97. The number of rotatable bonds is 6. The maximum Gasteiger partial charge on any atom is 0.338 e. The zero-order valence-corrected chi connectivity index (χ0v) is 19.9. The second-order valence-corrected chi connectivity index (χ2v) is 8.42. The fraction of sp³-hybridized carbons (Fsp3) is 0.233. The van der Waals surface area contributed by atoms with Crippen LogP contribution in [0, 0.1) is 0 Å². The van der Waals surface area contributed by atoms with E-state index in [0.717, 1.165) is 53.4 Å². The smallest absolute Gasteiger partial charge is 0.338 e. The number of ether oxygens (including phenoxy) is 2. The van der Waals surface area contributed by atoms with Gasteiger partial charge >= 0.3 is 5.97 Å². The fourth-order valence-electron chi connectivity index (χ4n) is 4.96. The van der Waals surface area contributed by atoms with Gasteiger partial charge in [0.15, 0.2) is 5.75 Å². The minimum Gasteiger partial charge on any atom is -0.462 e. The largest absolute Gasteiger partial charge is 0.462 e. The van der Waals surface area contributed by atoms with E-state index in [0.29, 0.717) is 12.2 Å². The SMILES string of the molecule is CCOC(=O)c1ccccc1-c1ccc(N(CC)CC)c2c1Cc1c(ccc3ccccc13)O2. The Balaban J connectivity index is 1.74. The Bertz CT molecular complexity index is 1370. The van der Waals surface area contributed by atoms with Gasteiger partial charge in [-0.25, -0.2) is 4.79 Å². The summed E-state index contributed by atoms with van der Waals surface area (Å²) in [6.07, 6.45) is 0.730. The van der Waals surface area contributed by atoms with Crippen molar-refractivity contribution in [2.75, 3.05) is 24.6 Å². The highest BCUT2D eigenvalue weighted by molar-refractivity contribution is 5.99. The van der Waals surface area contributed by atoms with Crippen molar-refractivity contribution in [3.63, 3.8) is 0 Å². The minimum absolute atomic E-state index is 0.303. The van der Waals surface area contributed by atoms with E-state index in [1.54, 1.807) is 0 Å². The van der Waals surface area contributed by atoms with Gasteiger partial charge in [-0.05, 0) is 60.9 Å². The first-order valence-electron chi connectivity index (χ1n) is 12.0. The molecule has 1 aliphatic heterocycles. The number of nitrogens with zero attached hydrogens (tertiary/aromatic N) is 1. The lowest BCUT2D eigenvalue weighted by atomic mass is 9.87. The van der Waals surface area contributed by atoms with Crippen molar-refractivity contribution in [3.05, 3.63) is 89.5 Å². The number of carbonyl (C=O) groups excluding carboxylic acids is 1. The lowest BCUT2D eigenvalue weighted by Gasteiger charge is -2.31. The summed E-state index contributed by atoms with van der Waals surface area (Å²) >= 11 is 0. The van der Waals surface area contributed by atoms with Gasteiger partial charge in [0.25, 0.3) is 0 Å². The molecule has 4 aromatic rings. The Labute approximate surface area is 200 Å². The van der Waals surface area contributed by atoms with E-state index in [9.17, 15) is 4.79 Å². The molecule has 0 saturated heterocycles. The predicted molar refractivity (Wildman–Crippen MR) is 138 cm³/mol. The molecule has 0 radical (unpaired) electrons. The molecule has 0 atom stereocenters. The molecular formula is C30H29NO3. The molecule has 1 heterocycles. The first-order valence-corrected chi connectivity index (χ1v) is 12.0. The number of esters is 1. The fourth-order valence-corrected chi connectivity index (χ4v) is 4.96. The molecule has 0 fully saturated rings. The molecule has 4 nitrogen and oxygen atoms in total. The average Bonchev–Trinajstić information content (AvgIpc) is 2.88. The summed E-state index contributed by atoms with van der Waals surface area (Å²) in [5.41, 5.74) is 5.81. The Hall–Kier alpha value is -3.79. The average molecular weight is 452 g/mol. The van der Waals surface area contributed by atoms with E-state index in [2.05, 4.69) is 67.3 Å². The standard InChI is InChI=1S/C30H29NO3/c1-4-31(5-2)27-17-16-23(22-13-9-10-14-24(22)30(32)33-6-3)26-19-25-21-12-8-7-11-20(21)15-18-28(25)34-29(26)27/h7-18H,4-6,19H2,1-3H3. The molecule has 0 aliphatic carbocycles. The highest BCUT2D eigenvalue weighted by Gasteiger charge is 2.28. The second kappa shape index (κ2) is 9.22. The molecule has 34 heavy (non-hydrogen) atoms. The summed E-state index contributed by atoms with van der Waals surface area (Å²) in [5.74, 6) is 1.47. The highest BCUT2D eigenvalue weighted by Crippen LogP contribution is 2.48. The number of benzene rings is 4. The van der Waals surface area contributed by atoms with Gasteiger partial charge in [0.05, 0.1) is 17.9 Å². The predicted octanol–water partition coefficient (Wildman–Crippen LogP) is 7.23. The zero-order valence-electron chi connectivity index (χ0n) is 19.9. The van der Waals surface area contributed by atoms with E-state index >= 15 is 0 Å². The second-order valence-electron chi connectivity index (χ2n) is 8.42. The lowest BCUT2D eigenvalue weighted by molar-refractivity contribution is 0.0527. The molecule has 0 saturated carbocycles. The molecular weight excluding hydrogens is 422 g/mol. The van der Waals surface area contributed by atoms with Crippen molar-refractivity contribution in [2.24, 2.45) is 0 Å². The normalized spacial score (nSPS) is 12.0. The van der Waals surface area contributed by atoms with E-state index in [4.69, 9.17) is 9.47 Å². The van der Waals surface area contributed by atoms with Crippen molar-refractivity contribution in [3.8, 4) is 22.6 Å². The number of fused-ring (bicyclic) bond motifs is 4. The van der Waals surface area contributed by atoms with Crippen LogP contribution in [0.3, 0.4) is 0 Å². The molecule has 4 aromatic carbocycles. The summed E-state index contributed by atoms with van der Waals surface area (Å²) in [6.45, 7) is 8.26. The van der Waals surface area contributed by atoms with Crippen LogP contribution in [0.15, 0.2) is 72.8 Å². The number of hydrogen-bond donors (Lipinski definition) is 0. The van der Waals surface area contributed by atoms with Gasteiger partial charge < -0.3 is 14.4 Å². The maximum absolute atomic E-state index is 12.8. The topological polar surface area (TPSA) is 38.8 Å². The maximum atomic E-state index is 12.8. The molecule has 172 valence electrons. The van der Waals surface area contributed by atoms with Gasteiger partial charge in [-0.15, -0.1) is 0 Å². The van der Waals surface area contributed by atoms with Crippen LogP contribution in [0.2, 0.25) is 0 Å². The third-order valence-corrected chi connectivity index (χ3v) is 6.62. The van der Waals surface area contributed by atoms with Crippen LogP contribution < -0.4 is 9.64 Å². The number of anilines is 1. The van der Waals surface area contributed by atoms with Crippen molar-refractivity contribution in [1.29, 1.82) is 0 Å². The Morgan fingerprint density at radius 2 is 1.62 bits per heavy atom. The third-order valence-electron chi connectivity index (χ3n) is 6.62. The summed E-state index contributed by atoms with van der Waals surface area (Å²) in [7, 11) is 0. The van der Waals surface area contributed by atoms with Crippen LogP contribution >= 0.6 is 0 Å². The van der Waals surface area contributed by atoms with Crippen LogP contribution in [-0.4, -0.2) is 25.7 Å². The van der Waals surface area contributed by atoms with Gasteiger partial charge in [0, 0.05) is 30.6 Å². The van der Waals surface area contributed by atoms with Gasteiger partial charge in [-0.3, -0.25) is 0 Å². The molecule has 0 amide bonds. The molecule has 1 aliphatic rings. The van der Waals surface area contributed by atoms with Gasteiger partial charge in [-0.1, -0.05) is 54.6 Å². The summed E-state index contributed by atoms with van der Waals surface area (Å²) in [5, 5.41) is 2.39. The number of hydrogen-bond acceptors (Lipinski definition) is 4. The van der Waals surface area contributed by atoms with E-state index < -0.39 is 0 Å². The van der Waals surface area contributed by atoms with Gasteiger partial charge in [0.2, 0.25) is 0 Å². The molecule has 4 heteroatoms. The molecule has 0 aromatic heterocycles. The van der Waals surface area contributed by atoms with Crippen LogP contribution in [0.5, 0.6) is 11.5 Å². The molecule has 0 spiro atoms.